The van der Waals surface area contributed by atoms with Gasteiger partial charge in [-0.15, -0.1) is 0 Å². The van der Waals surface area contributed by atoms with Gasteiger partial charge in [0.2, 0.25) is 0 Å². The minimum absolute atomic E-state index is 0.730. The molecule has 0 amide bonds. The largest absolute Gasteiger partial charge is 0.193 e. The molecule has 2 aliphatic carbocycles. The zero-order valence-electron chi connectivity index (χ0n) is 18.4. The van der Waals surface area contributed by atoms with E-state index in [1.807, 2.05) is 12.1 Å². The van der Waals surface area contributed by atoms with Gasteiger partial charge in [0.25, 0.3) is 0 Å². The van der Waals surface area contributed by atoms with E-state index >= 15 is 0 Å². The number of nitrogens with zero attached hydrogens (tertiary/aromatic N) is 1. The summed E-state index contributed by atoms with van der Waals surface area (Å²) in [6.07, 6.45) is 24.3. The van der Waals surface area contributed by atoms with Crippen LogP contribution in [0.15, 0.2) is 48.6 Å². The van der Waals surface area contributed by atoms with Crippen molar-refractivity contribution in [1.29, 1.82) is 5.26 Å². The maximum Gasteiger partial charge on any atom is 0.0912 e. The van der Waals surface area contributed by atoms with Crippen LogP contribution in [0.25, 0.3) is 0 Å². The van der Waals surface area contributed by atoms with Crippen LogP contribution >= 0.6 is 0 Å². The molecule has 1 nitrogen and oxygen atoms in total. The minimum atomic E-state index is 0.730. The van der Waals surface area contributed by atoms with E-state index in [0.717, 1.165) is 23.7 Å². The Hall–Kier alpha value is -1.81. The maximum atomic E-state index is 8.53. The molecular weight excluding hydrogens is 350 g/mol. The third-order valence-electron chi connectivity index (χ3n) is 7.38. The lowest BCUT2D eigenvalue weighted by atomic mass is 9.74. The van der Waals surface area contributed by atoms with Crippen LogP contribution in [0.4, 0.5) is 0 Å². The highest BCUT2D eigenvalue weighted by atomic mass is 14.3. The van der Waals surface area contributed by atoms with Crippen LogP contribution in [-0.2, 0) is 6.42 Å². The molecule has 0 unspecified atom stereocenters. The molecule has 0 aromatic heterocycles. The molecule has 2 saturated carbocycles. The Kier molecular flexibility index (Phi) is 9.07. The Morgan fingerprint density at radius 2 is 1.48 bits per heavy atom. The van der Waals surface area contributed by atoms with Crippen LogP contribution in [-0.4, -0.2) is 0 Å². The standard InChI is InChI=1S/C28H39N/c1-2-6-23-14-18-27(19-15-23)28-20-16-26(17-21-28)13-12-25-10-8-24(9-11-25)7-4-3-5-22-29/h3-5,7,14-15,18-19,24-26,28H,2,6,8-13,16-17,20-21H2,1H3/b5-3+,7-4+/t24-,25-,26-,28-. The predicted molar refractivity (Wildman–Crippen MR) is 124 cm³/mol. The Morgan fingerprint density at radius 1 is 0.862 bits per heavy atom. The lowest BCUT2D eigenvalue weighted by molar-refractivity contribution is 0.246. The Balaban J connectivity index is 1.33. The van der Waals surface area contributed by atoms with Crippen molar-refractivity contribution in [3.05, 3.63) is 59.7 Å². The fraction of sp³-hybridized carbons (Fsp3) is 0.607. The SMILES string of the molecule is CCCc1ccc([C@H]2CC[C@H](CC[C@H]3CC[C@H](/C=C/C=C/C#N)CC3)CC2)cc1. The Bertz CT molecular complexity index is 674. The van der Waals surface area contributed by atoms with Crippen LogP contribution in [0.1, 0.15) is 94.6 Å². The summed E-state index contributed by atoms with van der Waals surface area (Å²) in [4.78, 5) is 0. The van der Waals surface area contributed by atoms with Gasteiger partial charge in [0.1, 0.15) is 0 Å². The van der Waals surface area contributed by atoms with Crippen molar-refractivity contribution in [2.75, 3.05) is 0 Å². The zero-order chi connectivity index (χ0) is 20.3. The van der Waals surface area contributed by atoms with Crippen molar-refractivity contribution in [3.8, 4) is 6.07 Å². The number of nitriles is 1. The van der Waals surface area contributed by atoms with Gasteiger partial charge in [-0.05, 0) is 92.6 Å². The highest BCUT2D eigenvalue weighted by Gasteiger charge is 2.24. The molecule has 1 aromatic rings. The van der Waals surface area contributed by atoms with Crippen molar-refractivity contribution in [3.63, 3.8) is 0 Å². The molecule has 0 aliphatic heterocycles. The molecule has 0 heterocycles. The molecule has 0 spiro atoms. The van der Waals surface area contributed by atoms with E-state index in [9.17, 15) is 0 Å². The molecule has 0 saturated heterocycles. The second-order valence-corrected chi connectivity index (χ2v) is 9.44. The second-order valence-electron chi connectivity index (χ2n) is 9.44. The van der Waals surface area contributed by atoms with Crippen molar-refractivity contribution < 1.29 is 0 Å². The molecule has 0 atom stereocenters. The highest BCUT2D eigenvalue weighted by Crippen LogP contribution is 2.40. The summed E-state index contributed by atoms with van der Waals surface area (Å²) in [6.45, 7) is 2.26. The summed E-state index contributed by atoms with van der Waals surface area (Å²) in [5.74, 6) is 3.46. The molecule has 0 N–H and O–H groups in total. The number of benzene rings is 1. The molecule has 0 bridgehead atoms. The van der Waals surface area contributed by atoms with E-state index in [1.54, 1.807) is 11.6 Å². The van der Waals surface area contributed by atoms with Gasteiger partial charge in [-0.1, -0.05) is 68.7 Å². The lowest BCUT2D eigenvalue weighted by Gasteiger charge is -2.31. The monoisotopic (exact) mass is 389 g/mol. The number of allylic oxidation sites excluding steroid dienone is 4. The second kappa shape index (κ2) is 12.0. The lowest BCUT2D eigenvalue weighted by Crippen LogP contribution is -2.17. The molecule has 3 rings (SSSR count). The zero-order valence-corrected chi connectivity index (χ0v) is 18.4. The fourth-order valence-electron chi connectivity index (χ4n) is 5.49. The van der Waals surface area contributed by atoms with Crippen molar-refractivity contribution in [2.45, 2.75) is 89.9 Å². The number of hydrogen-bond acceptors (Lipinski definition) is 1. The Labute approximate surface area is 178 Å². The van der Waals surface area contributed by atoms with E-state index in [-0.39, 0.29) is 0 Å². The average molecular weight is 390 g/mol. The van der Waals surface area contributed by atoms with Gasteiger partial charge in [-0.3, -0.25) is 0 Å². The smallest absolute Gasteiger partial charge is 0.0912 e. The summed E-state index contributed by atoms with van der Waals surface area (Å²) in [7, 11) is 0. The first-order chi connectivity index (χ1) is 14.3. The fourth-order valence-corrected chi connectivity index (χ4v) is 5.49. The molecule has 2 aliphatic rings. The van der Waals surface area contributed by atoms with Crippen LogP contribution in [0.5, 0.6) is 0 Å². The summed E-state index contributed by atoms with van der Waals surface area (Å²) in [6, 6.07) is 11.6. The first kappa shape index (κ1) is 21.9. The molecule has 2 fully saturated rings. The summed E-state index contributed by atoms with van der Waals surface area (Å²) < 4.78 is 0. The minimum Gasteiger partial charge on any atom is -0.193 e. The van der Waals surface area contributed by atoms with Gasteiger partial charge in [0, 0.05) is 6.08 Å². The van der Waals surface area contributed by atoms with Crippen LogP contribution in [0.3, 0.4) is 0 Å². The number of rotatable bonds is 8. The summed E-state index contributed by atoms with van der Waals surface area (Å²) in [5, 5.41) is 8.53. The topological polar surface area (TPSA) is 23.8 Å². The van der Waals surface area contributed by atoms with Crippen LogP contribution in [0.2, 0.25) is 0 Å². The van der Waals surface area contributed by atoms with Gasteiger partial charge in [-0.2, -0.15) is 5.26 Å². The van der Waals surface area contributed by atoms with Crippen molar-refractivity contribution in [1.82, 2.24) is 0 Å². The first-order valence-electron chi connectivity index (χ1n) is 12.1. The van der Waals surface area contributed by atoms with Crippen LogP contribution in [0, 0.1) is 29.1 Å². The molecular formula is C28H39N. The predicted octanol–water partition coefficient (Wildman–Crippen LogP) is 8.14. The van der Waals surface area contributed by atoms with Crippen molar-refractivity contribution in [2.24, 2.45) is 17.8 Å². The molecule has 156 valence electrons. The highest BCUT2D eigenvalue weighted by molar-refractivity contribution is 5.26. The van der Waals surface area contributed by atoms with E-state index in [2.05, 4.69) is 43.3 Å². The van der Waals surface area contributed by atoms with Crippen LogP contribution < -0.4 is 0 Å². The van der Waals surface area contributed by atoms with Crippen molar-refractivity contribution >= 4 is 0 Å². The average Bonchev–Trinajstić information content (AvgIpc) is 2.77. The molecule has 29 heavy (non-hydrogen) atoms. The summed E-state index contributed by atoms with van der Waals surface area (Å²) in [5.41, 5.74) is 3.08. The molecule has 0 radical (unpaired) electrons. The van der Waals surface area contributed by atoms with E-state index in [1.165, 1.54) is 82.6 Å². The quantitative estimate of drug-likeness (QED) is 0.325. The van der Waals surface area contributed by atoms with Gasteiger partial charge < -0.3 is 0 Å². The van der Waals surface area contributed by atoms with Gasteiger partial charge in [-0.25, -0.2) is 0 Å². The van der Waals surface area contributed by atoms with E-state index < -0.39 is 0 Å². The van der Waals surface area contributed by atoms with Gasteiger partial charge in [0.15, 0.2) is 0 Å². The maximum absolute atomic E-state index is 8.53. The number of hydrogen-bond donors (Lipinski definition) is 0. The third-order valence-corrected chi connectivity index (χ3v) is 7.38. The van der Waals surface area contributed by atoms with E-state index in [0.29, 0.717) is 0 Å². The molecule has 1 heteroatoms. The summed E-state index contributed by atoms with van der Waals surface area (Å²) >= 11 is 0. The Morgan fingerprint density at radius 3 is 2.07 bits per heavy atom. The third kappa shape index (κ3) is 7.18. The van der Waals surface area contributed by atoms with Gasteiger partial charge in [0.05, 0.1) is 6.07 Å². The number of aryl methyl sites for hydroxylation is 1. The van der Waals surface area contributed by atoms with Gasteiger partial charge >= 0.3 is 0 Å². The first-order valence-corrected chi connectivity index (χ1v) is 12.1. The van der Waals surface area contributed by atoms with E-state index in [4.69, 9.17) is 5.26 Å². The molecule has 1 aromatic carbocycles. The normalized spacial score (nSPS) is 28.0.